The predicted molar refractivity (Wildman–Crippen MR) is 184 cm³/mol. The van der Waals surface area contributed by atoms with E-state index in [0.29, 0.717) is 42.3 Å². The van der Waals surface area contributed by atoms with Gasteiger partial charge in [0.25, 0.3) is 11.5 Å². The number of aryl methyl sites for hydroxylation is 1. The number of carbonyl (C=O) groups excluding carboxylic acids is 2. The highest BCUT2D eigenvalue weighted by atomic mass is 35.5. The van der Waals surface area contributed by atoms with Gasteiger partial charge in [-0.1, -0.05) is 43.2 Å². The van der Waals surface area contributed by atoms with Gasteiger partial charge in [0.15, 0.2) is 5.82 Å². The molecule has 2 aliphatic rings. The molecule has 0 saturated carbocycles. The number of anilines is 2. The fourth-order valence-electron chi connectivity index (χ4n) is 6.54. The van der Waals surface area contributed by atoms with Gasteiger partial charge in [0.05, 0.1) is 27.5 Å². The SMILES string of the molecule is CCc1c(N2CCN(C(=O)c3cccc(C)c3O)CC2)c(=O)n2nc(C3=CCCCCC3)nc2n1CC(=O)Nc1ccc(C(F)(F)F)cc1Cl. The van der Waals surface area contributed by atoms with Crippen LogP contribution in [-0.2, 0) is 23.9 Å². The number of rotatable bonds is 7. The van der Waals surface area contributed by atoms with Crippen LogP contribution in [0.5, 0.6) is 5.75 Å². The molecule has 11 nitrogen and oxygen atoms in total. The van der Waals surface area contributed by atoms with E-state index in [4.69, 9.17) is 16.6 Å². The average molecular weight is 712 g/mol. The molecule has 1 saturated heterocycles. The van der Waals surface area contributed by atoms with E-state index in [-0.39, 0.29) is 53.3 Å². The summed E-state index contributed by atoms with van der Waals surface area (Å²) in [7, 11) is 0. The number of aromatic hydroxyl groups is 1. The normalized spacial score (nSPS) is 15.6. The summed E-state index contributed by atoms with van der Waals surface area (Å²) in [5.41, 5.74) is 1.20. The highest BCUT2D eigenvalue weighted by Crippen LogP contribution is 2.34. The van der Waals surface area contributed by atoms with Crippen molar-refractivity contribution in [3.63, 3.8) is 0 Å². The zero-order valence-corrected chi connectivity index (χ0v) is 28.4. The van der Waals surface area contributed by atoms with Crippen LogP contribution in [0.2, 0.25) is 5.02 Å². The number of fused-ring (bicyclic) bond motifs is 1. The number of nitrogens with one attached hydrogen (secondary N) is 1. The Bertz CT molecular complexity index is 2050. The molecule has 0 atom stereocenters. The number of hydrogen-bond donors (Lipinski definition) is 2. The number of aromatic nitrogens is 4. The minimum Gasteiger partial charge on any atom is -0.507 e. The van der Waals surface area contributed by atoms with Gasteiger partial charge in [-0.15, -0.1) is 5.10 Å². The first-order valence-corrected chi connectivity index (χ1v) is 17.0. The number of amides is 2. The lowest BCUT2D eigenvalue weighted by Gasteiger charge is -2.37. The smallest absolute Gasteiger partial charge is 0.416 e. The Morgan fingerprint density at radius 2 is 1.82 bits per heavy atom. The maximum Gasteiger partial charge on any atom is 0.416 e. The molecule has 1 aliphatic heterocycles. The number of piperazine rings is 1. The molecule has 1 fully saturated rings. The Morgan fingerprint density at radius 3 is 2.52 bits per heavy atom. The molecule has 6 rings (SSSR count). The van der Waals surface area contributed by atoms with Gasteiger partial charge >= 0.3 is 6.18 Å². The number of phenols is 1. The average Bonchev–Trinajstić information content (AvgIpc) is 3.36. The van der Waals surface area contributed by atoms with E-state index in [2.05, 4.69) is 16.5 Å². The molecule has 0 unspecified atom stereocenters. The van der Waals surface area contributed by atoms with Gasteiger partial charge in [-0.3, -0.25) is 14.4 Å². The summed E-state index contributed by atoms with van der Waals surface area (Å²) >= 11 is 6.13. The second kappa shape index (κ2) is 14.2. The van der Waals surface area contributed by atoms with Crippen LogP contribution < -0.4 is 15.8 Å². The van der Waals surface area contributed by atoms with Crippen LogP contribution in [0.4, 0.5) is 24.5 Å². The summed E-state index contributed by atoms with van der Waals surface area (Å²) in [6.07, 6.45) is 2.48. The van der Waals surface area contributed by atoms with E-state index in [1.54, 1.807) is 34.6 Å². The molecule has 50 heavy (non-hydrogen) atoms. The van der Waals surface area contributed by atoms with Gasteiger partial charge in [0, 0.05) is 26.2 Å². The molecule has 2 aromatic carbocycles. The fraction of sp³-hybridized carbons (Fsp3) is 0.400. The maximum atomic E-state index is 14.2. The molecule has 3 heterocycles. The summed E-state index contributed by atoms with van der Waals surface area (Å²) in [5.74, 6) is -0.414. The van der Waals surface area contributed by atoms with Crippen molar-refractivity contribution in [2.45, 2.75) is 65.1 Å². The van der Waals surface area contributed by atoms with Crippen molar-refractivity contribution in [3.8, 4) is 5.75 Å². The van der Waals surface area contributed by atoms with Crippen molar-refractivity contribution >= 4 is 46.1 Å². The molecule has 2 amide bonds. The summed E-state index contributed by atoms with van der Waals surface area (Å²) in [5, 5.41) is 17.5. The molecule has 4 aromatic rings. The third kappa shape index (κ3) is 6.93. The van der Waals surface area contributed by atoms with Crippen LogP contribution in [0.25, 0.3) is 11.4 Å². The second-order valence-corrected chi connectivity index (χ2v) is 12.9. The molecular weight excluding hydrogens is 675 g/mol. The summed E-state index contributed by atoms with van der Waals surface area (Å²) in [4.78, 5) is 49.3. The van der Waals surface area contributed by atoms with Crippen LogP contribution in [-0.4, -0.2) is 67.2 Å². The Balaban J connectivity index is 1.35. The van der Waals surface area contributed by atoms with Gasteiger partial charge in [0.1, 0.15) is 18.0 Å². The Morgan fingerprint density at radius 1 is 1.06 bits per heavy atom. The number of nitrogens with zero attached hydrogens (tertiary/aromatic N) is 6. The number of alkyl halides is 3. The summed E-state index contributed by atoms with van der Waals surface area (Å²) < 4.78 is 42.4. The van der Waals surface area contributed by atoms with E-state index in [1.807, 2.05) is 11.8 Å². The van der Waals surface area contributed by atoms with Crippen LogP contribution in [0.1, 0.15) is 72.0 Å². The lowest BCUT2D eigenvalue weighted by Crippen LogP contribution is -2.51. The Kier molecular flexibility index (Phi) is 9.92. The molecule has 0 spiro atoms. The van der Waals surface area contributed by atoms with E-state index in [0.717, 1.165) is 55.9 Å². The van der Waals surface area contributed by atoms with E-state index in [1.165, 1.54) is 4.52 Å². The quantitative estimate of drug-likeness (QED) is 0.238. The zero-order valence-electron chi connectivity index (χ0n) is 27.7. The molecule has 0 bridgehead atoms. The minimum absolute atomic E-state index is 0.00575. The third-order valence-corrected chi connectivity index (χ3v) is 9.52. The lowest BCUT2D eigenvalue weighted by atomic mass is 10.1. The molecule has 1 aliphatic carbocycles. The highest BCUT2D eigenvalue weighted by Gasteiger charge is 2.32. The van der Waals surface area contributed by atoms with Crippen molar-refractivity contribution in [2.24, 2.45) is 0 Å². The maximum absolute atomic E-state index is 14.2. The highest BCUT2D eigenvalue weighted by molar-refractivity contribution is 6.33. The van der Waals surface area contributed by atoms with Crippen molar-refractivity contribution in [1.29, 1.82) is 0 Å². The Hall–Kier alpha value is -4.85. The van der Waals surface area contributed by atoms with Crippen molar-refractivity contribution in [2.75, 3.05) is 36.4 Å². The zero-order chi connectivity index (χ0) is 35.7. The minimum atomic E-state index is -4.60. The topological polar surface area (TPSA) is 125 Å². The van der Waals surface area contributed by atoms with Gasteiger partial charge < -0.3 is 24.8 Å². The molecule has 15 heteroatoms. The summed E-state index contributed by atoms with van der Waals surface area (Å²) in [6, 6.07) is 7.69. The van der Waals surface area contributed by atoms with Crippen LogP contribution >= 0.6 is 11.6 Å². The van der Waals surface area contributed by atoms with Gasteiger partial charge in [0.2, 0.25) is 11.7 Å². The first-order chi connectivity index (χ1) is 23.9. The van der Waals surface area contributed by atoms with E-state index >= 15 is 0 Å². The van der Waals surface area contributed by atoms with Crippen LogP contribution in [0, 0.1) is 6.92 Å². The number of para-hydroxylation sites is 1. The predicted octanol–water partition coefficient (Wildman–Crippen LogP) is 6.09. The third-order valence-electron chi connectivity index (χ3n) is 9.21. The second-order valence-electron chi connectivity index (χ2n) is 12.5. The first kappa shape index (κ1) is 35.0. The monoisotopic (exact) mass is 711 g/mol. The van der Waals surface area contributed by atoms with Gasteiger partial charge in [-0.25, -0.2) is 0 Å². The van der Waals surface area contributed by atoms with Crippen LogP contribution in [0.15, 0.2) is 47.3 Å². The van der Waals surface area contributed by atoms with Gasteiger partial charge in [-0.2, -0.15) is 22.7 Å². The Labute approximate surface area is 291 Å². The van der Waals surface area contributed by atoms with Crippen molar-refractivity contribution in [3.05, 3.63) is 86.1 Å². The largest absolute Gasteiger partial charge is 0.507 e. The number of allylic oxidation sites excluding steroid dienone is 2. The van der Waals surface area contributed by atoms with Crippen LogP contribution in [0.3, 0.4) is 0 Å². The molecule has 2 N–H and O–H groups in total. The molecule has 2 aromatic heterocycles. The lowest BCUT2D eigenvalue weighted by molar-refractivity contribution is -0.137. The molecule has 0 radical (unpaired) electrons. The molecule has 264 valence electrons. The standard InChI is InChI=1S/C35H37ClF3N7O4/c1-3-27-29(43-15-17-44(18-16-43)32(49)24-12-8-9-21(2)30(24)48)33(50)46-34(41-31(42-46)22-10-6-4-5-7-11-22)45(27)20-28(47)40-26-14-13-23(19-25(26)36)35(37,38)39/h8-10,12-14,19,48H,3-7,11,15-18,20H2,1-2H3,(H,40,47). The van der Waals surface area contributed by atoms with Gasteiger partial charge in [-0.05, 0) is 74.4 Å². The van der Waals surface area contributed by atoms with Crippen molar-refractivity contribution in [1.82, 2.24) is 24.1 Å². The number of hydrogen-bond acceptors (Lipinski definition) is 7. The number of carbonyl (C=O) groups is 2. The number of benzene rings is 2. The van der Waals surface area contributed by atoms with E-state index < -0.39 is 23.2 Å². The first-order valence-electron chi connectivity index (χ1n) is 16.6. The summed E-state index contributed by atoms with van der Waals surface area (Å²) in [6.45, 7) is 4.38. The van der Waals surface area contributed by atoms with E-state index in [9.17, 15) is 32.7 Å². The molecular formula is C35H37ClF3N7O4. The number of halogens is 4. The fourth-order valence-corrected chi connectivity index (χ4v) is 6.77. The number of phenolic OH excluding ortho intramolecular Hbond substituents is 1. The van der Waals surface area contributed by atoms with Crippen molar-refractivity contribution < 1.29 is 27.9 Å².